The van der Waals surface area contributed by atoms with Gasteiger partial charge in [-0.2, -0.15) is 0 Å². The van der Waals surface area contributed by atoms with Crippen molar-refractivity contribution in [3.8, 4) is 28.0 Å². The van der Waals surface area contributed by atoms with Gasteiger partial charge in [-0.15, -0.1) is 0 Å². The molecule has 6 aromatic rings. The maximum Gasteiger partial charge on any atom is 0.178 e. The van der Waals surface area contributed by atoms with E-state index in [2.05, 4.69) is 162 Å². The van der Waals surface area contributed by atoms with Crippen molar-refractivity contribution in [3.63, 3.8) is 0 Å². The number of rotatable bonds is 2. The largest absolute Gasteiger partial charge is 0.472 e. The molecule has 0 spiro atoms. The van der Waals surface area contributed by atoms with Crippen molar-refractivity contribution >= 4 is 16.8 Å². The van der Waals surface area contributed by atoms with Crippen LogP contribution in [0.1, 0.15) is 72.2 Å². The van der Waals surface area contributed by atoms with E-state index >= 15 is 0 Å². The summed E-state index contributed by atoms with van der Waals surface area (Å²) < 4.78 is 7.58. The van der Waals surface area contributed by atoms with E-state index in [1.165, 1.54) is 61.0 Å². The van der Waals surface area contributed by atoms with Gasteiger partial charge in [0.15, 0.2) is 5.60 Å². The second-order valence-corrected chi connectivity index (χ2v) is 14.2. The highest BCUT2D eigenvalue weighted by molar-refractivity contribution is 6.08. The van der Waals surface area contributed by atoms with Crippen molar-refractivity contribution in [1.82, 2.24) is 0 Å². The first-order valence-electron chi connectivity index (χ1n) is 16.1. The fraction of sp³-hybridized carbons (Fsp3) is 0.182. The van der Waals surface area contributed by atoms with Crippen molar-refractivity contribution in [2.75, 3.05) is 0 Å². The standard InChI is InChI=1S/C44H36O/c1-27-18-20-28(21-19-27)44(29-22-23-31-30-12-8-10-16-36(30)42(2,3)38(31)26-29)25-24-35-40-39(32-13-6-7-14-33(32)41(35)45-44)34-15-9-11-17-37(34)43(40,4)5/h6-26H,1-5H3. The lowest BCUT2D eigenvalue weighted by Crippen LogP contribution is -2.35. The molecule has 6 aromatic carbocycles. The van der Waals surface area contributed by atoms with Crippen molar-refractivity contribution in [1.29, 1.82) is 0 Å². The van der Waals surface area contributed by atoms with Gasteiger partial charge in [0.1, 0.15) is 5.75 Å². The van der Waals surface area contributed by atoms with Gasteiger partial charge in [0.2, 0.25) is 0 Å². The Labute approximate surface area is 265 Å². The molecule has 0 bridgehead atoms. The average Bonchev–Trinajstić information content (AvgIpc) is 3.45. The SMILES string of the molecule is Cc1ccc(C2(c3ccc4c(c3)C(C)(C)c3ccccc3-4)C=Cc3c4c(c5ccccc5c3O2)-c2ccccc2C4(C)C)cc1. The molecule has 0 amide bonds. The van der Waals surface area contributed by atoms with Gasteiger partial charge in [-0.1, -0.05) is 149 Å². The highest BCUT2D eigenvalue weighted by Gasteiger charge is 2.45. The number of fused-ring (bicyclic) bond motifs is 11. The van der Waals surface area contributed by atoms with Crippen LogP contribution in [-0.4, -0.2) is 0 Å². The molecule has 0 N–H and O–H groups in total. The zero-order chi connectivity index (χ0) is 30.7. The lowest BCUT2D eigenvalue weighted by molar-refractivity contribution is 0.163. The van der Waals surface area contributed by atoms with Crippen LogP contribution in [0.4, 0.5) is 0 Å². The van der Waals surface area contributed by atoms with Gasteiger partial charge in [0, 0.05) is 32.9 Å². The summed E-state index contributed by atoms with van der Waals surface area (Å²) >= 11 is 0. The minimum absolute atomic E-state index is 0.101. The summed E-state index contributed by atoms with van der Waals surface area (Å²) in [7, 11) is 0. The lowest BCUT2D eigenvalue weighted by Gasteiger charge is -2.39. The van der Waals surface area contributed by atoms with Crippen LogP contribution in [0.25, 0.3) is 39.1 Å². The zero-order valence-corrected chi connectivity index (χ0v) is 26.5. The first-order valence-corrected chi connectivity index (χ1v) is 16.1. The molecule has 9 rings (SSSR count). The third-order valence-electron chi connectivity index (χ3n) is 10.9. The van der Waals surface area contributed by atoms with E-state index in [4.69, 9.17) is 4.74 Å². The molecule has 2 aliphatic carbocycles. The number of hydrogen-bond acceptors (Lipinski definition) is 1. The quantitative estimate of drug-likeness (QED) is 0.198. The van der Waals surface area contributed by atoms with Crippen LogP contribution in [0.2, 0.25) is 0 Å². The Morgan fingerprint density at radius 1 is 0.533 bits per heavy atom. The van der Waals surface area contributed by atoms with Crippen LogP contribution in [0.15, 0.2) is 121 Å². The topological polar surface area (TPSA) is 9.23 Å². The van der Waals surface area contributed by atoms with Gasteiger partial charge >= 0.3 is 0 Å². The van der Waals surface area contributed by atoms with E-state index in [9.17, 15) is 0 Å². The molecule has 1 unspecified atom stereocenters. The van der Waals surface area contributed by atoms with E-state index in [-0.39, 0.29) is 10.8 Å². The van der Waals surface area contributed by atoms with Crippen molar-refractivity contribution in [3.05, 3.63) is 166 Å². The molecule has 0 fully saturated rings. The van der Waals surface area contributed by atoms with Gasteiger partial charge in [0.05, 0.1) is 0 Å². The Kier molecular flexibility index (Phi) is 5.22. The van der Waals surface area contributed by atoms with E-state index in [1.807, 2.05) is 0 Å². The van der Waals surface area contributed by atoms with Crippen LogP contribution in [0.5, 0.6) is 5.75 Å². The van der Waals surface area contributed by atoms with Crippen molar-refractivity contribution in [2.45, 2.75) is 51.0 Å². The van der Waals surface area contributed by atoms with Crippen molar-refractivity contribution in [2.24, 2.45) is 0 Å². The van der Waals surface area contributed by atoms with E-state index < -0.39 is 5.60 Å². The monoisotopic (exact) mass is 580 g/mol. The van der Waals surface area contributed by atoms with E-state index in [0.717, 1.165) is 22.3 Å². The van der Waals surface area contributed by atoms with E-state index in [1.54, 1.807) is 0 Å². The molecule has 3 aliphatic rings. The van der Waals surface area contributed by atoms with Gasteiger partial charge in [-0.05, 0) is 69.0 Å². The van der Waals surface area contributed by atoms with Gasteiger partial charge < -0.3 is 4.74 Å². The molecule has 0 aromatic heterocycles. The number of aryl methyl sites for hydroxylation is 1. The first-order chi connectivity index (χ1) is 21.7. The summed E-state index contributed by atoms with van der Waals surface area (Å²) in [6.45, 7) is 11.6. The van der Waals surface area contributed by atoms with E-state index in [0.29, 0.717) is 0 Å². The highest BCUT2D eigenvalue weighted by Crippen LogP contribution is 2.58. The van der Waals surface area contributed by atoms with Gasteiger partial charge in [0.25, 0.3) is 0 Å². The molecule has 1 heteroatoms. The smallest absolute Gasteiger partial charge is 0.178 e. The minimum Gasteiger partial charge on any atom is -0.472 e. The van der Waals surface area contributed by atoms with Gasteiger partial charge in [-0.25, -0.2) is 0 Å². The zero-order valence-electron chi connectivity index (χ0n) is 26.5. The molecule has 0 radical (unpaired) electrons. The number of hydrogen-bond donors (Lipinski definition) is 0. The molecule has 218 valence electrons. The normalized spacial score (nSPS) is 19.3. The summed E-state index contributed by atoms with van der Waals surface area (Å²) in [6.07, 6.45) is 4.69. The van der Waals surface area contributed by atoms with Crippen LogP contribution in [0.3, 0.4) is 0 Å². The number of benzene rings is 6. The Morgan fingerprint density at radius 2 is 1.13 bits per heavy atom. The summed E-state index contributed by atoms with van der Waals surface area (Å²) in [6, 6.07) is 42.5. The lowest BCUT2D eigenvalue weighted by atomic mass is 9.76. The molecule has 0 saturated heterocycles. The van der Waals surface area contributed by atoms with Crippen LogP contribution in [0, 0.1) is 6.92 Å². The number of ether oxygens (including phenoxy) is 1. The Morgan fingerprint density at radius 3 is 1.89 bits per heavy atom. The van der Waals surface area contributed by atoms with Gasteiger partial charge in [-0.3, -0.25) is 0 Å². The molecule has 1 aliphatic heterocycles. The second kappa shape index (κ2) is 8.86. The molecule has 1 atom stereocenters. The molecular weight excluding hydrogens is 544 g/mol. The molecule has 45 heavy (non-hydrogen) atoms. The summed E-state index contributed by atoms with van der Waals surface area (Å²) in [4.78, 5) is 0. The average molecular weight is 581 g/mol. The summed E-state index contributed by atoms with van der Waals surface area (Å²) in [5.74, 6) is 0.969. The summed E-state index contributed by atoms with van der Waals surface area (Å²) in [5.41, 5.74) is 14.5. The maximum atomic E-state index is 7.58. The van der Waals surface area contributed by atoms with Crippen LogP contribution in [-0.2, 0) is 16.4 Å². The van der Waals surface area contributed by atoms with Crippen LogP contribution >= 0.6 is 0 Å². The molecule has 1 heterocycles. The van der Waals surface area contributed by atoms with Crippen molar-refractivity contribution < 1.29 is 4.74 Å². The molecule has 0 saturated carbocycles. The van der Waals surface area contributed by atoms with Crippen LogP contribution < -0.4 is 4.74 Å². The second-order valence-electron chi connectivity index (χ2n) is 14.2. The third kappa shape index (κ3) is 3.39. The maximum absolute atomic E-state index is 7.58. The predicted octanol–water partition coefficient (Wildman–Crippen LogP) is 11.1. The molecule has 1 nitrogen and oxygen atoms in total. The fourth-order valence-corrected chi connectivity index (χ4v) is 8.61. The predicted molar refractivity (Wildman–Crippen MR) is 187 cm³/mol. The fourth-order valence-electron chi connectivity index (χ4n) is 8.61. The molecular formula is C44H36O. The minimum atomic E-state index is -0.785. The first kappa shape index (κ1) is 26.5. The Balaban J connectivity index is 1.32. The Hall–Kier alpha value is -4.88. The highest BCUT2D eigenvalue weighted by atomic mass is 16.5. The summed E-state index contributed by atoms with van der Waals surface area (Å²) in [5, 5.41) is 2.41. The Bertz CT molecular complexity index is 2240. The third-order valence-corrected chi connectivity index (χ3v) is 10.9.